The molecule has 6 nitrogen and oxygen atoms in total. The van der Waals surface area contributed by atoms with E-state index in [2.05, 4.69) is 15.0 Å². The molecule has 1 aliphatic heterocycles. The number of amides is 1. The van der Waals surface area contributed by atoms with E-state index < -0.39 is 18.0 Å². The van der Waals surface area contributed by atoms with Gasteiger partial charge in [-0.15, -0.1) is 0 Å². The molecule has 2 heterocycles. The van der Waals surface area contributed by atoms with Gasteiger partial charge in [-0.3, -0.25) is 19.8 Å². The SMILES string of the molecule is C/C=C(Cl)/C=N/C=C/C1=c2ncccc2=NC(C(N)=O)C1N. The van der Waals surface area contributed by atoms with Crippen molar-refractivity contribution in [2.75, 3.05) is 0 Å². The zero-order valence-corrected chi connectivity index (χ0v) is 12.7. The predicted octanol–water partition coefficient (Wildman–Crippen LogP) is -0.226. The normalized spacial score (nSPS) is 22.0. The van der Waals surface area contributed by atoms with Gasteiger partial charge < -0.3 is 11.5 Å². The molecule has 114 valence electrons. The van der Waals surface area contributed by atoms with E-state index in [9.17, 15) is 4.79 Å². The van der Waals surface area contributed by atoms with Crippen molar-refractivity contribution < 1.29 is 4.79 Å². The second-order valence-corrected chi connectivity index (χ2v) is 5.03. The molecule has 1 amide bonds. The van der Waals surface area contributed by atoms with Crippen LogP contribution >= 0.6 is 11.6 Å². The van der Waals surface area contributed by atoms with Crippen LogP contribution in [0.5, 0.6) is 0 Å². The van der Waals surface area contributed by atoms with Crippen LogP contribution in [0.1, 0.15) is 6.92 Å². The van der Waals surface area contributed by atoms with Gasteiger partial charge in [0.2, 0.25) is 5.91 Å². The third kappa shape index (κ3) is 3.47. The number of rotatable bonds is 4. The van der Waals surface area contributed by atoms with Gasteiger partial charge in [0.1, 0.15) is 6.04 Å². The highest BCUT2D eigenvalue weighted by Crippen LogP contribution is 2.11. The quantitative estimate of drug-likeness (QED) is 0.749. The molecule has 2 rings (SSSR count). The summed E-state index contributed by atoms with van der Waals surface area (Å²) in [5, 5.41) is 1.73. The van der Waals surface area contributed by atoms with Crippen LogP contribution < -0.4 is 22.2 Å². The van der Waals surface area contributed by atoms with E-state index >= 15 is 0 Å². The van der Waals surface area contributed by atoms with E-state index in [1.54, 1.807) is 36.7 Å². The maximum absolute atomic E-state index is 11.5. The summed E-state index contributed by atoms with van der Waals surface area (Å²) in [5.74, 6) is -0.576. The van der Waals surface area contributed by atoms with E-state index in [1.165, 1.54) is 6.21 Å². The average molecular weight is 318 g/mol. The Kier molecular flexibility index (Phi) is 5.19. The lowest BCUT2D eigenvalue weighted by Crippen LogP contribution is -2.52. The maximum atomic E-state index is 11.5. The summed E-state index contributed by atoms with van der Waals surface area (Å²) < 4.78 is 0. The zero-order chi connectivity index (χ0) is 16.1. The molecular weight excluding hydrogens is 302 g/mol. The minimum absolute atomic E-state index is 0.520. The van der Waals surface area contributed by atoms with Crippen molar-refractivity contribution in [3.8, 4) is 0 Å². The topological polar surface area (TPSA) is 107 Å². The van der Waals surface area contributed by atoms with Crippen molar-refractivity contribution in [3.05, 3.63) is 52.4 Å². The van der Waals surface area contributed by atoms with Crippen molar-refractivity contribution in [3.63, 3.8) is 0 Å². The number of nitrogens with zero attached hydrogens (tertiary/aromatic N) is 3. The summed E-state index contributed by atoms with van der Waals surface area (Å²) in [6.07, 6.45) is 8.10. The Balaban J connectivity index is 2.47. The Morgan fingerprint density at radius 2 is 2.27 bits per heavy atom. The highest BCUT2D eigenvalue weighted by atomic mass is 35.5. The molecule has 0 bridgehead atoms. The Morgan fingerprint density at radius 3 is 2.95 bits per heavy atom. The van der Waals surface area contributed by atoms with Gasteiger partial charge in [0.05, 0.1) is 21.8 Å². The summed E-state index contributed by atoms with van der Waals surface area (Å²) in [4.78, 5) is 24.1. The van der Waals surface area contributed by atoms with Crippen molar-refractivity contribution in [2.24, 2.45) is 21.5 Å². The fraction of sp³-hybridized carbons (Fsp3) is 0.200. The van der Waals surface area contributed by atoms with Crippen LogP contribution in [0.2, 0.25) is 0 Å². The van der Waals surface area contributed by atoms with Crippen LogP contribution in [0.25, 0.3) is 5.57 Å². The number of carbonyl (C=O) groups is 1. The van der Waals surface area contributed by atoms with E-state index in [4.69, 9.17) is 23.1 Å². The number of nitrogens with two attached hydrogens (primary N) is 2. The van der Waals surface area contributed by atoms with Gasteiger partial charge in [0, 0.05) is 24.2 Å². The smallest absolute Gasteiger partial charge is 0.244 e. The Hall–Kier alpha value is -2.31. The van der Waals surface area contributed by atoms with Gasteiger partial charge >= 0.3 is 0 Å². The Labute approximate surface area is 132 Å². The molecule has 2 unspecified atom stereocenters. The van der Waals surface area contributed by atoms with Crippen LogP contribution in [-0.4, -0.2) is 29.2 Å². The number of fused-ring (bicyclic) bond motifs is 1. The summed E-state index contributed by atoms with van der Waals surface area (Å²) in [5.41, 5.74) is 12.1. The minimum atomic E-state index is -0.820. The second-order valence-electron chi connectivity index (χ2n) is 4.60. The second kappa shape index (κ2) is 7.11. The van der Waals surface area contributed by atoms with Gasteiger partial charge in [0.25, 0.3) is 0 Å². The lowest BCUT2D eigenvalue weighted by atomic mass is 9.96. The molecule has 22 heavy (non-hydrogen) atoms. The zero-order valence-electron chi connectivity index (χ0n) is 12.0. The number of carbonyl (C=O) groups excluding carboxylic acids is 1. The van der Waals surface area contributed by atoms with Crippen LogP contribution in [0.4, 0.5) is 0 Å². The average Bonchev–Trinajstić information content (AvgIpc) is 2.52. The molecular formula is C15H16ClN5O. The number of aliphatic imine (C=N–C) groups is 1. The molecule has 0 radical (unpaired) electrons. The van der Waals surface area contributed by atoms with Gasteiger partial charge in [-0.1, -0.05) is 17.7 Å². The predicted molar refractivity (Wildman–Crippen MR) is 86.6 cm³/mol. The van der Waals surface area contributed by atoms with Crippen molar-refractivity contribution in [1.82, 2.24) is 4.98 Å². The number of hydrogen-bond donors (Lipinski definition) is 2. The molecule has 0 saturated carbocycles. The van der Waals surface area contributed by atoms with Crippen LogP contribution in [0.3, 0.4) is 0 Å². The minimum Gasteiger partial charge on any atom is -0.368 e. The van der Waals surface area contributed by atoms with Crippen LogP contribution in [0, 0.1) is 0 Å². The molecule has 0 aromatic carbocycles. The number of halogens is 1. The first kappa shape index (κ1) is 16.1. The molecule has 0 saturated heterocycles. The molecule has 7 heteroatoms. The molecule has 0 aliphatic carbocycles. The molecule has 2 atom stereocenters. The first-order valence-electron chi connectivity index (χ1n) is 6.64. The third-order valence-electron chi connectivity index (χ3n) is 3.14. The van der Waals surface area contributed by atoms with Gasteiger partial charge in [-0.25, -0.2) is 0 Å². The molecule has 1 aromatic heterocycles. The summed E-state index contributed by atoms with van der Waals surface area (Å²) in [6.45, 7) is 1.81. The largest absolute Gasteiger partial charge is 0.368 e. The third-order valence-corrected chi connectivity index (χ3v) is 3.46. The summed E-state index contributed by atoms with van der Waals surface area (Å²) in [6, 6.07) is 2.02. The molecule has 0 fully saturated rings. The fourth-order valence-electron chi connectivity index (χ4n) is 2.02. The van der Waals surface area contributed by atoms with Crippen LogP contribution in [0.15, 0.2) is 51.7 Å². The van der Waals surface area contributed by atoms with E-state index in [1.807, 2.05) is 6.92 Å². The summed E-state index contributed by atoms with van der Waals surface area (Å²) in [7, 11) is 0. The number of pyridine rings is 1. The molecule has 1 aromatic rings. The Morgan fingerprint density at radius 1 is 1.50 bits per heavy atom. The number of aromatic nitrogens is 1. The molecule has 0 spiro atoms. The van der Waals surface area contributed by atoms with Gasteiger partial charge in [0.15, 0.2) is 0 Å². The van der Waals surface area contributed by atoms with Crippen LogP contribution in [-0.2, 0) is 4.79 Å². The van der Waals surface area contributed by atoms with E-state index in [0.29, 0.717) is 21.3 Å². The van der Waals surface area contributed by atoms with E-state index in [0.717, 1.165) is 0 Å². The maximum Gasteiger partial charge on any atom is 0.244 e. The number of allylic oxidation sites excluding steroid dienone is 2. The standard InChI is InChI=1S/C15H16ClN5O/c1-2-9(16)8-19-7-5-10-12(17)14(15(18)22)21-11-4-3-6-20-13(10)11/h2-8,12,14H,17H2,1H3,(H2,18,22)/b7-5+,9-2-,19-8+. The van der Waals surface area contributed by atoms with Gasteiger partial charge in [-0.2, -0.15) is 0 Å². The summed E-state index contributed by atoms with van der Waals surface area (Å²) >= 11 is 5.82. The first-order valence-corrected chi connectivity index (χ1v) is 7.02. The van der Waals surface area contributed by atoms with E-state index in [-0.39, 0.29) is 0 Å². The monoisotopic (exact) mass is 317 g/mol. The molecule has 1 aliphatic rings. The highest BCUT2D eigenvalue weighted by Gasteiger charge is 2.28. The number of primary amides is 1. The number of hydrogen-bond acceptors (Lipinski definition) is 5. The Bertz CT molecular complexity index is 781. The lowest BCUT2D eigenvalue weighted by Gasteiger charge is -2.21. The van der Waals surface area contributed by atoms with Crippen molar-refractivity contribution in [1.29, 1.82) is 0 Å². The van der Waals surface area contributed by atoms with Gasteiger partial charge in [-0.05, 0) is 25.1 Å². The fourth-order valence-corrected chi connectivity index (χ4v) is 2.08. The first-order chi connectivity index (χ1) is 10.5. The van der Waals surface area contributed by atoms with Crippen molar-refractivity contribution in [2.45, 2.75) is 19.0 Å². The molecule has 4 N–H and O–H groups in total. The van der Waals surface area contributed by atoms with Crippen molar-refractivity contribution >= 4 is 29.3 Å². The lowest BCUT2D eigenvalue weighted by molar-refractivity contribution is -0.119. The highest BCUT2D eigenvalue weighted by molar-refractivity contribution is 6.39.